The van der Waals surface area contributed by atoms with Crippen LogP contribution in [0.25, 0.3) is 0 Å². The lowest BCUT2D eigenvalue weighted by atomic mass is 10.4. The van der Waals surface area contributed by atoms with Gasteiger partial charge in [0.05, 0.1) is 0 Å². The molecule has 0 amide bonds. The lowest BCUT2D eigenvalue weighted by Crippen LogP contribution is -2.20. The lowest BCUT2D eigenvalue weighted by molar-refractivity contribution is 0.277. The zero-order valence-corrected chi connectivity index (χ0v) is 13.9. The Labute approximate surface area is 134 Å². The molecule has 0 saturated heterocycles. The van der Waals surface area contributed by atoms with Crippen molar-refractivity contribution >= 4 is 23.8 Å². The van der Waals surface area contributed by atoms with Crippen molar-refractivity contribution in [1.29, 1.82) is 0 Å². The summed E-state index contributed by atoms with van der Waals surface area (Å²) in [6.45, 7) is 0. The molecular formula is C20H21OP. The summed E-state index contributed by atoms with van der Waals surface area (Å²) in [6.07, 6.45) is 0. The number of hydrogen-bond donors (Lipinski definition) is 0. The highest BCUT2D eigenvalue weighted by molar-refractivity contribution is 7.79. The molecular weight excluding hydrogens is 287 g/mol. The third-order valence-corrected chi connectivity index (χ3v) is 5.49. The van der Waals surface area contributed by atoms with Gasteiger partial charge in [-0.1, -0.05) is 91.0 Å². The van der Waals surface area contributed by atoms with Crippen LogP contribution in [0.3, 0.4) is 0 Å². The van der Waals surface area contributed by atoms with Crippen molar-refractivity contribution in [2.45, 2.75) is 0 Å². The van der Waals surface area contributed by atoms with Gasteiger partial charge in [-0.15, -0.1) is 0 Å². The van der Waals surface area contributed by atoms with E-state index in [1.807, 2.05) is 0 Å². The molecule has 0 fully saturated rings. The van der Waals surface area contributed by atoms with Crippen LogP contribution in [0.5, 0.6) is 0 Å². The third kappa shape index (κ3) is 4.53. The van der Waals surface area contributed by atoms with Crippen LogP contribution in [-0.2, 0) is 4.74 Å². The molecule has 3 rings (SSSR count). The van der Waals surface area contributed by atoms with Crippen LogP contribution in [0.2, 0.25) is 0 Å². The Morgan fingerprint density at radius 1 is 0.500 bits per heavy atom. The molecule has 0 unspecified atom stereocenters. The summed E-state index contributed by atoms with van der Waals surface area (Å²) in [6, 6.07) is 32.3. The summed E-state index contributed by atoms with van der Waals surface area (Å²) in [5, 5.41) is 4.19. The monoisotopic (exact) mass is 308 g/mol. The minimum absolute atomic E-state index is 0.446. The van der Waals surface area contributed by atoms with E-state index in [1.54, 1.807) is 14.2 Å². The molecule has 0 saturated carbocycles. The van der Waals surface area contributed by atoms with Crippen LogP contribution in [0.1, 0.15) is 0 Å². The Hall–Kier alpha value is -1.95. The van der Waals surface area contributed by atoms with Crippen molar-refractivity contribution in [3.05, 3.63) is 91.0 Å². The highest BCUT2D eigenvalue weighted by atomic mass is 31.1. The zero-order valence-electron chi connectivity index (χ0n) is 13.0. The van der Waals surface area contributed by atoms with Gasteiger partial charge in [-0.25, -0.2) is 0 Å². The average molecular weight is 308 g/mol. The summed E-state index contributed by atoms with van der Waals surface area (Å²) >= 11 is 0. The molecule has 2 heteroatoms. The molecule has 1 nitrogen and oxygen atoms in total. The van der Waals surface area contributed by atoms with Crippen molar-refractivity contribution < 1.29 is 4.74 Å². The molecule has 0 aliphatic rings. The molecule has 0 radical (unpaired) electrons. The van der Waals surface area contributed by atoms with E-state index < -0.39 is 7.92 Å². The van der Waals surface area contributed by atoms with Crippen LogP contribution >= 0.6 is 7.92 Å². The first-order valence-corrected chi connectivity index (χ1v) is 8.56. The molecule has 0 heterocycles. The van der Waals surface area contributed by atoms with Gasteiger partial charge in [0.1, 0.15) is 0 Å². The molecule has 0 aliphatic carbocycles. The molecule has 0 aromatic heterocycles. The van der Waals surface area contributed by atoms with Crippen molar-refractivity contribution in [2.24, 2.45) is 0 Å². The van der Waals surface area contributed by atoms with Crippen LogP contribution in [-0.4, -0.2) is 14.2 Å². The maximum atomic E-state index is 4.25. The normalized spacial score (nSPS) is 9.95. The van der Waals surface area contributed by atoms with E-state index in [0.717, 1.165) is 0 Å². The standard InChI is InChI=1S/C18H15P.C2H6O/c1-4-10-16(11-5-1)19(17-12-6-2-7-13-17)18-14-8-3-9-15-18;1-3-2/h1-15H;1-2H3. The molecule has 112 valence electrons. The smallest absolute Gasteiger partial charge is 0.0351 e. The number of hydrogen-bond acceptors (Lipinski definition) is 1. The van der Waals surface area contributed by atoms with E-state index in [2.05, 4.69) is 95.7 Å². The Kier molecular flexibility index (Phi) is 6.83. The molecule has 0 aliphatic heterocycles. The maximum Gasteiger partial charge on any atom is 0.0351 e. The quantitative estimate of drug-likeness (QED) is 0.670. The minimum atomic E-state index is -0.446. The Morgan fingerprint density at radius 3 is 0.955 bits per heavy atom. The van der Waals surface area contributed by atoms with E-state index in [-0.39, 0.29) is 0 Å². The first kappa shape index (κ1) is 16.4. The van der Waals surface area contributed by atoms with Crippen LogP contribution in [0.15, 0.2) is 91.0 Å². The summed E-state index contributed by atoms with van der Waals surface area (Å²) < 4.78 is 4.25. The molecule has 22 heavy (non-hydrogen) atoms. The average Bonchev–Trinajstić information content (AvgIpc) is 2.59. The molecule has 3 aromatic rings. The van der Waals surface area contributed by atoms with Gasteiger partial charge >= 0.3 is 0 Å². The summed E-state index contributed by atoms with van der Waals surface area (Å²) in [7, 11) is 2.80. The molecule has 0 N–H and O–H groups in total. The Balaban J connectivity index is 0.000000545. The van der Waals surface area contributed by atoms with Gasteiger partial charge in [0.25, 0.3) is 0 Å². The van der Waals surface area contributed by atoms with Gasteiger partial charge in [-0.05, 0) is 23.8 Å². The zero-order chi connectivity index (χ0) is 15.6. The number of benzene rings is 3. The van der Waals surface area contributed by atoms with Gasteiger partial charge in [0.15, 0.2) is 0 Å². The highest BCUT2D eigenvalue weighted by Crippen LogP contribution is 2.32. The van der Waals surface area contributed by atoms with Gasteiger partial charge in [0.2, 0.25) is 0 Å². The topological polar surface area (TPSA) is 9.23 Å². The van der Waals surface area contributed by atoms with Crippen molar-refractivity contribution in [3.63, 3.8) is 0 Å². The number of rotatable bonds is 3. The van der Waals surface area contributed by atoms with Gasteiger partial charge < -0.3 is 4.74 Å². The second kappa shape index (κ2) is 9.15. The minimum Gasteiger partial charge on any atom is -0.388 e. The second-order valence-electron chi connectivity index (χ2n) is 4.75. The first-order chi connectivity index (χ1) is 10.9. The predicted octanol–water partition coefficient (Wildman–Crippen LogP) is 3.71. The maximum absolute atomic E-state index is 4.25. The van der Waals surface area contributed by atoms with Crippen molar-refractivity contribution in [1.82, 2.24) is 0 Å². The van der Waals surface area contributed by atoms with Gasteiger partial charge in [0, 0.05) is 14.2 Å². The van der Waals surface area contributed by atoms with Crippen molar-refractivity contribution in [2.75, 3.05) is 14.2 Å². The largest absolute Gasteiger partial charge is 0.388 e. The van der Waals surface area contributed by atoms with Gasteiger partial charge in [-0.2, -0.15) is 0 Å². The number of methoxy groups -OCH3 is 1. The fourth-order valence-electron chi connectivity index (χ4n) is 2.18. The second-order valence-corrected chi connectivity index (χ2v) is 6.97. The molecule has 0 spiro atoms. The Bertz CT molecular complexity index is 544. The highest BCUT2D eigenvalue weighted by Gasteiger charge is 2.14. The molecule has 0 bridgehead atoms. The Morgan fingerprint density at radius 2 is 0.727 bits per heavy atom. The van der Waals surface area contributed by atoms with E-state index in [0.29, 0.717) is 0 Å². The van der Waals surface area contributed by atoms with Crippen LogP contribution < -0.4 is 15.9 Å². The van der Waals surface area contributed by atoms with E-state index in [1.165, 1.54) is 15.9 Å². The third-order valence-electron chi connectivity index (χ3n) is 3.04. The van der Waals surface area contributed by atoms with Gasteiger partial charge in [-0.3, -0.25) is 0 Å². The van der Waals surface area contributed by atoms with E-state index in [4.69, 9.17) is 0 Å². The number of ether oxygens (including phenoxy) is 1. The predicted molar refractivity (Wildman–Crippen MR) is 98.1 cm³/mol. The first-order valence-electron chi connectivity index (χ1n) is 7.22. The summed E-state index contributed by atoms with van der Waals surface area (Å²) in [4.78, 5) is 0. The summed E-state index contributed by atoms with van der Waals surface area (Å²) in [5.74, 6) is 0. The molecule has 0 atom stereocenters. The van der Waals surface area contributed by atoms with Crippen LogP contribution in [0.4, 0.5) is 0 Å². The van der Waals surface area contributed by atoms with Crippen LogP contribution in [0, 0.1) is 0 Å². The summed E-state index contributed by atoms with van der Waals surface area (Å²) in [5.41, 5.74) is 0. The van der Waals surface area contributed by atoms with E-state index >= 15 is 0 Å². The SMILES string of the molecule is COC.c1ccc(P(c2ccccc2)c2ccccc2)cc1. The fourth-order valence-corrected chi connectivity index (χ4v) is 4.48. The lowest BCUT2D eigenvalue weighted by Gasteiger charge is -2.18. The van der Waals surface area contributed by atoms with Crippen molar-refractivity contribution in [3.8, 4) is 0 Å². The fraction of sp³-hybridized carbons (Fsp3) is 0.100. The molecule has 3 aromatic carbocycles. The van der Waals surface area contributed by atoms with E-state index in [9.17, 15) is 0 Å².